The summed E-state index contributed by atoms with van der Waals surface area (Å²) in [6.07, 6.45) is 2.83. The van der Waals surface area contributed by atoms with Crippen molar-refractivity contribution in [3.05, 3.63) is 64.6 Å². The van der Waals surface area contributed by atoms with Gasteiger partial charge in [0.1, 0.15) is 11.9 Å². The first-order valence-electron chi connectivity index (χ1n) is 8.81. The summed E-state index contributed by atoms with van der Waals surface area (Å²) in [5.41, 5.74) is 2.48. The van der Waals surface area contributed by atoms with E-state index in [1.807, 2.05) is 0 Å². The molecule has 0 aliphatic heterocycles. The van der Waals surface area contributed by atoms with Crippen LogP contribution in [0, 0.1) is 5.82 Å². The quantitative estimate of drug-likeness (QED) is 0.557. The van der Waals surface area contributed by atoms with Gasteiger partial charge in [0.25, 0.3) is 5.56 Å². The van der Waals surface area contributed by atoms with Gasteiger partial charge in [-0.25, -0.2) is 18.7 Å². The van der Waals surface area contributed by atoms with Gasteiger partial charge in [-0.3, -0.25) is 4.79 Å². The molecule has 3 aromatic heterocycles. The maximum absolute atomic E-state index is 13.4. The third kappa shape index (κ3) is 3.05. The van der Waals surface area contributed by atoms with Gasteiger partial charge in [0.05, 0.1) is 28.8 Å². The van der Waals surface area contributed by atoms with Gasteiger partial charge in [-0.1, -0.05) is 12.1 Å². The molecule has 0 aliphatic rings. The van der Waals surface area contributed by atoms with Gasteiger partial charge in [-0.05, 0) is 30.7 Å². The van der Waals surface area contributed by atoms with E-state index >= 15 is 0 Å². The fourth-order valence-electron chi connectivity index (χ4n) is 3.30. The van der Waals surface area contributed by atoms with Crippen molar-refractivity contribution in [3.8, 4) is 11.1 Å². The van der Waals surface area contributed by atoms with Crippen molar-refractivity contribution >= 4 is 22.5 Å². The smallest absolute Gasteiger partial charge is 0.326 e. The second kappa shape index (κ2) is 7.10. The van der Waals surface area contributed by atoms with Gasteiger partial charge in [-0.15, -0.1) is 0 Å². The number of rotatable bonds is 5. The van der Waals surface area contributed by atoms with Crippen LogP contribution < -0.4 is 5.56 Å². The van der Waals surface area contributed by atoms with Gasteiger partial charge in [0.15, 0.2) is 5.65 Å². The van der Waals surface area contributed by atoms with E-state index in [0.717, 1.165) is 4.57 Å². The molecular weight excluding hydrogens is 379 g/mol. The Kier molecular flexibility index (Phi) is 4.59. The minimum atomic E-state index is -1.11. The molecule has 1 atom stereocenters. The van der Waals surface area contributed by atoms with Crippen LogP contribution in [0.15, 0.2) is 47.5 Å². The number of carboxylic acid groups (broad SMARTS) is 1. The van der Waals surface area contributed by atoms with Crippen LogP contribution in [0.5, 0.6) is 0 Å². The lowest BCUT2D eigenvalue weighted by Gasteiger charge is -2.11. The van der Waals surface area contributed by atoms with Crippen molar-refractivity contribution in [1.29, 1.82) is 0 Å². The minimum Gasteiger partial charge on any atom is -0.480 e. The number of fused-ring (bicyclic) bond motifs is 3. The lowest BCUT2D eigenvalue weighted by atomic mass is 10.1. The standard InChI is InChI=1S/C20H17FN4O4/c1-11(20(27)28)24-8-7-16-14(19(24)26)9-22-18-17(12-3-5-13(21)6-4-12)15(10-29-2)23-25(16)18/h3-9,11H,10H2,1-2H3,(H,27,28)/t11-/m1/s1. The number of carboxylic acids is 1. The lowest BCUT2D eigenvalue weighted by Crippen LogP contribution is -2.28. The van der Waals surface area contributed by atoms with Crippen LogP contribution in [0.1, 0.15) is 18.7 Å². The first-order chi connectivity index (χ1) is 13.9. The molecule has 0 radical (unpaired) electrons. The normalized spacial score (nSPS) is 12.5. The number of pyridine rings is 1. The van der Waals surface area contributed by atoms with E-state index in [0.29, 0.717) is 28.0 Å². The van der Waals surface area contributed by atoms with Crippen molar-refractivity contribution < 1.29 is 19.0 Å². The van der Waals surface area contributed by atoms with E-state index in [9.17, 15) is 19.1 Å². The van der Waals surface area contributed by atoms with Gasteiger partial charge < -0.3 is 14.4 Å². The van der Waals surface area contributed by atoms with Crippen LogP contribution in [0.3, 0.4) is 0 Å². The van der Waals surface area contributed by atoms with E-state index < -0.39 is 17.6 Å². The Balaban J connectivity index is 2.01. The minimum absolute atomic E-state index is 0.199. The summed E-state index contributed by atoms with van der Waals surface area (Å²) in [7, 11) is 1.54. The highest BCUT2D eigenvalue weighted by Gasteiger charge is 2.20. The molecule has 3 heterocycles. The molecule has 1 aromatic carbocycles. The summed E-state index contributed by atoms with van der Waals surface area (Å²) in [6.45, 7) is 1.63. The highest BCUT2D eigenvalue weighted by atomic mass is 19.1. The largest absolute Gasteiger partial charge is 0.480 e. The molecule has 148 valence electrons. The molecule has 4 aromatic rings. The number of ether oxygens (including phenoxy) is 1. The molecule has 9 heteroatoms. The summed E-state index contributed by atoms with van der Waals surface area (Å²) in [4.78, 5) is 28.5. The van der Waals surface area contributed by atoms with E-state index in [1.165, 1.54) is 43.1 Å². The average Bonchev–Trinajstić information content (AvgIpc) is 3.07. The molecule has 4 rings (SSSR count). The molecule has 0 spiro atoms. The Morgan fingerprint density at radius 1 is 1.28 bits per heavy atom. The maximum atomic E-state index is 13.4. The molecule has 0 amide bonds. The fraction of sp³-hybridized carbons (Fsp3) is 0.200. The monoisotopic (exact) mass is 396 g/mol. The van der Waals surface area contributed by atoms with E-state index in [-0.39, 0.29) is 17.8 Å². The molecule has 8 nitrogen and oxygen atoms in total. The van der Waals surface area contributed by atoms with E-state index in [4.69, 9.17) is 4.74 Å². The molecule has 0 saturated heterocycles. The first-order valence-corrected chi connectivity index (χ1v) is 8.81. The van der Waals surface area contributed by atoms with Crippen LogP contribution in [0.25, 0.3) is 27.7 Å². The highest BCUT2D eigenvalue weighted by Crippen LogP contribution is 2.29. The molecule has 29 heavy (non-hydrogen) atoms. The Morgan fingerprint density at radius 2 is 2.00 bits per heavy atom. The highest BCUT2D eigenvalue weighted by molar-refractivity contribution is 5.86. The zero-order chi connectivity index (χ0) is 20.7. The lowest BCUT2D eigenvalue weighted by molar-refractivity contribution is -0.140. The predicted molar refractivity (Wildman–Crippen MR) is 103 cm³/mol. The van der Waals surface area contributed by atoms with E-state index in [1.54, 1.807) is 18.2 Å². The SMILES string of the molecule is COCc1nn2c(ncc3c(=O)n([C@H](C)C(=O)O)ccc32)c1-c1ccc(F)cc1. The van der Waals surface area contributed by atoms with Crippen LogP contribution >= 0.6 is 0 Å². The van der Waals surface area contributed by atoms with Crippen LogP contribution in [0.4, 0.5) is 4.39 Å². The molecule has 0 saturated carbocycles. The fourth-order valence-corrected chi connectivity index (χ4v) is 3.30. The number of benzene rings is 1. The number of hydrogen-bond donors (Lipinski definition) is 1. The van der Waals surface area contributed by atoms with Crippen molar-refractivity contribution in [1.82, 2.24) is 19.2 Å². The van der Waals surface area contributed by atoms with Crippen molar-refractivity contribution in [2.45, 2.75) is 19.6 Å². The van der Waals surface area contributed by atoms with E-state index in [2.05, 4.69) is 10.1 Å². The van der Waals surface area contributed by atoms with Gasteiger partial charge >= 0.3 is 5.97 Å². The maximum Gasteiger partial charge on any atom is 0.326 e. The predicted octanol–water partition coefficient (Wildman–Crippen LogP) is 2.64. The summed E-state index contributed by atoms with van der Waals surface area (Å²) in [5.74, 6) is -1.47. The summed E-state index contributed by atoms with van der Waals surface area (Å²) in [5, 5.41) is 14.0. The van der Waals surface area contributed by atoms with Gasteiger partial charge in [0, 0.05) is 19.5 Å². The molecule has 1 N–H and O–H groups in total. The summed E-state index contributed by atoms with van der Waals surface area (Å²) in [6, 6.07) is 6.57. The van der Waals surface area contributed by atoms with Crippen LogP contribution in [-0.4, -0.2) is 37.4 Å². The zero-order valence-electron chi connectivity index (χ0n) is 15.7. The molecule has 0 fully saturated rings. The number of aliphatic carboxylic acids is 1. The Bertz CT molecular complexity index is 1290. The summed E-state index contributed by atoms with van der Waals surface area (Å²) < 4.78 is 21.3. The third-order valence-corrected chi connectivity index (χ3v) is 4.80. The molecular formula is C20H17FN4O4. The van der Waals surface area contributed by atoms with Gasteiger partial charge in [0.2, 0.25) is 0 Å². The second-order valence-electron chi connectivity index (χ2n) is 6.60. The van der Waals surface area contributed by atoms with Crippen molar-refractivity contribution in [3.63, 3.8) is 0 Å². The first kappa shape index (κ1) is 18.8. The van der Waals surface area contributed by atoms with Crippen LogP contribution in [0.2, 0.25) is 0 Å². The number of methoxy groups -OCH3 is 1. The van der Waals surface area contributed by atoms with Crippen molar-refractivity contribution in [2.24, 2.45) is 0 Å². The number of carbonyl (C=O) groups is 1. The Labute approximate surface area is 163 Å². The average molecular weight is 396 g/mol. The number of aromatic nitrogens is 4. The topological polar surface area (TPSA) is 98.7 Å². The zero-order valence-corrected chi connectivity index (χ0v) is 15.7. The number of halogens is 1. The van der Waals surface area contributed by atoms with Crippen LogP contribution in [-0.2, 0) is 16.1 Å². The summed E-state index contributed by atoms with van der Waals surface area (Å²) >= 11 is 0. The van der Waals surface area contributed by atoms with Crippen molar-refractivity contribution in [2.75, 3.05) is 7.11 Å². The second-order valence-corrected chi connectivity index (χ2v) is 6.60. The molecule has 0 unspecified atom stereocenters. The molecule has 0 bridgehead atoms. The van der Waals surface area contributed by atoms with Gasteiger partial charge in [-0.2, -0.15) is 5.10 Å². The molecule has 0 aliphatic carbocycles. The Hall–Kier alpha value is -3.59. The Morgan fingerprint density at radius 3 is 2.66 bits per heavy atom. The third-order valence-electron chi connectivity index (χ3n) is 4.80. The number of nitrogens with zero attached hydrogens (tertiary/aromatic N) is 4. The number of hydrogen-bond acceptors (Lipinski definition) is 5.